The third-order valence-electron chi connectivity index (χ3n) is 2.75. The quantitative estimate of drug-likeness (QED) is 0.559. The van der Waals surface area contributed by atoms with E-state index in [0.717, 1.165) is 12.1 Å². The summed E-state index contributed by atoms with van der Waals surface area (Å²) in [5.74, 6) is -0.305. The maximum absolute atomic E-state index is 11.0. The van der Waals surface area contributed by atoms with Gasteiger partial charge >= 0.3 is 5.97 Å². The van der Waals surface area contributed by atoms with Crippen molar-refractivity contribution in [2.75, 3.05) is 7.05 Å². The number of esters is 1. The smallest absolute Gasteiger partial charge is 0.309 e. The Morgan fingerprint density at radius 3 is 3.00 bits per heavy atom. The van der Waals surface area contributed by atoms with E-state index in [1.165, 1.54) is 0 Å². The van der Waals surface area contributed by atoms with E-state index in [1.54, 1.807) is 0 Å². The predicted molar refractivity (Wildman–Crippen MR) is 45.8 cm³/mol. The Morgan fingerprint density at radius 1 is 1.77 bits per heavy atom. The zero-order valence-electron chi connectivity index (χ0n) is 7.54. The molecule has 0 aromatic rings. The highest BCUT2D eigenvalue weighted by Gasteiger charge is 2.49. The average molecular weight is 183 g/mol. The molecule has 0 aromatic heterocycles. The van der Waals surface area contributed by atoms with Crippen molar-refractivity contribution < 1.29 is 14.6 Å². The second-order valence-corrected chi connectivity index (χ2v) is 3.57. The normalized spacial score (nSPS) is 37.8. The first-order chi connectivity index (χ1) is 6.16. The van der Waals surface area contributed by atoms with Crippen LogP contribution < -0.4 is 5.32 Å². The Balaban J connectivity index is 2.23. The maximum Gasteiger partial charge on any atom is 0.309 e. The molecule has 0 saturated carbocycles. The van der Waals surface area contributed by atoms with Crippen LogP contribution in [0, 0.1) is 0 Å². The highest BCUT2D eigenvalue weighted by atomic mass is 16.6. The van der Waals surface area contributed by atoms with E-state index in [0.29, 0.717) is 6.42 Å². The van der Waals surface area contributed by atoms with Crippen LogP contribution in [0.3, 0.4) is 0 Å². The number of rotatable bonds is 1. The molecular weight excluding hydrogens is 170 g/mol. The topological polar surface area (TPSA) is 58.6 Å². The summed E-state index contributed by atoms with van der Waals surface area (Å²) >= 11 is 0. The van der Waals surface area contributed by atoms with Gasteiger partial charge in [0.2, 0.25) is 0 Å². The van der Waals surface area contributed by atoms with Gasteiger partial charge in [-0.25, -0.2) is 0 Å². The lowest BCUT2D eigenvalue weighted by Gasteiger charge is -2.22. The standard InChI is InChI=1S/C9H13NO3/c1-10-6-2-3-9(5-6)7(11)4-8(12)13-9/h5,7,10-11H,2-4H2,1H3. The SMILES string of the molecule is CNC1=CC2(CC1)OC(=O)CC2O. The van der Waals surface area contributed by atoms with E-state index >= 15 is 0 Å². The molecule has 1 spiro atoms. The van der Waals surface area contributed by atoms with E-state index in [-0.39, 0.29) is 12.4 Å². The number of allylic oxidation sites excluding steroid dienone is 1. The summed E-state index contributed by atoms with van der Waals surface area (Å²) in [4.78, 5) is 11.0. The first-order valence-corrected chi connectivity index (χ1v) is 4.46. The molecule has 0 aromatic carbocycles. The molecule has 0 amide bonds. The van der Waals surface area contributed by atoms with Gasteiger partial charge in [-0.3, -0.25) is 4.79 Å². The minimum Gasteiger partial charge on any atom is -0.452 e. The molecule has 2 rings (SSSR count). The van der Waals surface area contributed by atoms with Crippen molar-refractivity contribution in [2.24, 2.45) is 0 Å². The molecule has 2 aliphatic rings. The summed E-state index contributed by atoms with van der Waals surface area (Å²) in [6.07, 6.45) is 2.80. The number of ether oxygens (including phenoxy) is 1. The van der Waals surface area contributed by atoms with Crippen LogP contribution in [-0.2, 0) is 9.53 Å². The van der Waals surface area contributed by atoms with Crippen LogP contribution in [0.4, 0.5) is 0 Å². The fourth-order valence-electron chi connectivity index (χ4n) is 1.96. The van der Waals surface area contributed by atoms with Crippen molar-refractivity contribution in [2.45, 2.75) is 31.0 Å². The molecule has 4 nitrogen and oxygen atoms in total. The van der Waals surface area contributed by atoms with Gasteiger partial charge in [0, 0.05) is 12.7 Å². The van der Waals surface area contributed by atoms with Crippen molar-refractivity contribution in [1.29, 1.82) is 0 Å². The number of aliphatic hydroxyl groups excluding tert-OH is 1. The average Bonchev–Trinajstić information content (AvgIpc) is 2.59. The van der Waals surface area contributed by atoms with Crippen LogP contribution in [0.15, 0.2) is 11.8 Å². The van der Waals surface area contributed by atoms with Gasteiger partial charge in [0.1, 0.15) is 6.10 Å². The molecule has 13 heavy (non-hydrogen) atoms. The Kier molecular flexibility index (Phi) is 1.80. The fraction of sp³-hybridized carbons (Fsp3) is 0.667. The number of hydrogen-bond donors (Lipinski definition) is 2. The number of carbonyl (C=O) groups excluding carboxylic acids is 1. The lowest BCUT2D eigenvalue weighted by molar-refractivity contribution is -0.146. The third kappa shape index (κ3) is 1.21. The summed E-state index contributed by atoms with van der Waals surface area (Å²) in [5, 5.41) is 12.7. The molecule has 1 heterocycles. The van der Waals surface area contributed by atoms with Crippen LogP contribution >= 0.6 is 0 Å². The largest absolute Gasteiger partial charge is 0.452 e. The van der Waals surface area contributed by atoms with Gasteiger partial charge in [-0.2, -0.15) is 0 Å². The van der Waals surface area contributed by atoms with Gasteiger partial charge in [-0.15, -0.1) is 0 Å². The zero-order valence-corrected chi connectivity index (χ0v) is 7.54. The molecule has 1 aliphatic carbocycles. The van der Waals surface area contributed by atoms with E-state index in [1.807, 2.05) is 13.1 Å². The van der Waals surface area contributed by atoms with Crippen molar-refractivity contribution in [3.05, 3.63) is 11.8 Å². The monoisotopic (exact) mass is 183 g/mol. The van der Waals surface area contributed by atoms with Gasteiger partial charge in [0.15, 0.2) is 5.60 Å². The Labute approximate surface area is 76.6 Å². The lowest BCUT2D eigenvalue weighted by Crippen LogP contribution is -2.34. The van der Waals surface area contributed by atoms with E-state index in [4.69, 9.17) is 4.74 Å². The first-order valence-electron chi connectivity index (χ1n) is 4.46. The summed E-state index contributed by atoms with van der Waals surface area (Å²) in [5.41, 5.74) is 0.309. The van der Waals surface area contributed by atoms with Gasteiger partial charge in [0.25, 0.3) is 0 Å². The fourth-order valence-corrected chi connectivity index (χ4v) is 1.96. The predicted octanol–water partition coefficient (Wildman–Crippen LogP) is -0.0699. The maximum atomic E-state index is 11.0. The minimum absolute atomic E-state index is 0.119. The molecule has 2 N–H and O–H groups in total. The van der Waals surface area contributed by atoms with Crippen LogP contribution in [0.5, 0.6) is 0 Å². The van der Waals surface area contributed by atoms with Crippen molar-refractivity contribution >= 4 is 5.97 Å². The highest BCUT2D eigenvalue weighted by molar-refractivity contribution is 5.74. The van der Waals surface area contributed by atoms with Crippen molar-refractivity contribution in [3.63, 3.8) is 0 Å². The van der Waals surface area contributed by atoms with Gasteiger partial charge in [0.05, 0.1) is 6.42 Å². The van der Waals surface area contributed by atoms with Gasteiger partial charge < -0.3 is 15.2 Å². The molecule has 0 radical (unpaired) electrons. The molecule has 0 bridgehead atoms. The Hall–Kier alpha value is -1.03. The molecule has 1 saturated heterocycles. The van der Waals surface area contributed by atoms with Crippen LogP contribution in [-0.4, -0.2) is 29.8 Å². The van der Waals surface area contributed by atoms with Crippen LogP contribution in [0.25, 0.3) is 0 Å². The lowest BCUT2D eigenvalue weighted by atomic mass is 9.97. The van der Waals surface area contributed by atoms with Gasteiger partial charge in [-0.05, 0) is 18.9 Å². The van der Waals surface area contributed by atoms with E-state index in [2.05, 4.69) is 5.32 Å². The summed E-state index contributed by atoms with van der Waals surface area (Å²) in [6.45, 7) is 0. The molecule has 1 aliphatic heterocycles. The van der Waals surface area contributed by atoms with Crippen LogP contribution in [0.2, 0.25) is 0 Å². The Morgan fingerprint density at radius 2 is 2.54 bits per heavy atom. The number of carbonyl (C=O) groups is 1. The van der Waals surface area contributed by atoms with Crippen LogP contribution in [0.1, 0.15) is 19.3 Å². The van der Waals surface area contributed by atoms with Crippen molar-refractivity contribution in [1.82, 2.24) is 5.32 Å². The molecule has 1 fully saturated rings. The minimum atomic E-state index is -0.727. The number of nitrogens with one attached hydrogen (secondary N) is 1. The highest BCUT2D eigenvalue weighted by Crippen LogP contribution is 2.39. The molecule has 2 atom stereocenters. The summed E-state index contributed by atoms with van der Waals surface area (Å²) < 4.78 is 5.15. The Bertz CT molecular complexity index is 274. The zero-order chi connectivity index (χ0) is 9.47. The van der Waals surface area contributed by atoms with E-state index in [9.17, 15) is 9.90 Å². The molecule has 2 unspecified atom stereocenters. The summed E-state index contributed by atoms with van der Waals surface area (Å²) in [7, 11) is 1.83. The number of aliphatic hydroxyl groups is 1. The van der Waals surface area contributed by atoms with E-state index < -0.39 is 11.7 Å². The second kappa shape index (κ2) is 2.73. The third-order valence-corrected chi connectivity index (χ3v) is 2.75. The summed E-state index contributed by atoms with van der Waals surface area (Å²) in [6, 6.07) is 0. The molecule has 4 heteroatoms. The first kappa shape index (κ1) is 8.56. The molecular formula is C9H13NO3. The number of hydrogen-bond acceptors (Lipinski definition) is 4. The second-order valence-electron chi connectivity index (χ2n) is 3.57. The van der Waals surface area contributed by atoms with Crippen molar-refractivity contribution in [3.8, 4) is 0 Å². The molecule has 72 valence electrons. The van der Waals surface area contributed by atoms with Gasteiger partial charge in [-0.1, -0.05) is 0 Å².